The summed E-state index contributed by atoms with van der Waals surface area (Å²) >= 11 is 0. The molecule has 1 aromatic carbocycles. The number of amides is 3. The van der Waals surface area contributed by atoms with Crippen LogP contribution in [0.15, 0.2) is 30.0 Å². The summed E-state index contributed by atoms with van der Waals surface area (Å²) in [7, 11) is 2.37. The van der Waals surface area contributed by atoms with Crippen LogP contribution in [-0.4, -0.2) is 37.1 Å². The maximum absolute atomic E-state index is 12.2. The zero-order chi connectivity index (χ0) is 17.1. The average Bonchev–Trinajstić information content (AvgIpc) is 2.80. The Kier molecular flexibility index (Phi) is 4.25. The lowest BCUT2D eigenvalue weighted by molar-refractivity contribution is -0.384. The van der Waals surface area contributed by atoms with Gasteiger partial charge in [0.1, 0.15) is 11.4 Å². The fourth-order valence-electron chi connectivity index (χ4n) is 1.90. The van der Waals surface area contributed by atoms with Crippen LogP contribution in [0, 0.1) is 10.1 Å². The molecule has 10 heteroatoms. The standard InChI is InChI=1S/C13H11N3O7/c1-22-10-5-7(16(20)21)3-4-9(10)15-12(18)8(14-13(15)19)6-11(17)23-2/h3-6H,1-2H3,(H,14,19). The summed E-state index contributed by atoms with van der Waals surface area (Å²) in [4.78, 5) is 46.2. The van der Waals surface area contributed by atoms with Crippen LogP contribution in [0.2, 0.25) is 0 Å². The Bertz CT molecular complexity index is 741. The van der Waals surface area contributed by atoms with E-state index in [1.807, 2.05) is 0 Å². The summed E-state index contributed by atoms with van der Waals surface area (Å²) in [5, 5.41) is 13.0. The van der Waals surface area contributed by atoms with Crippen LogP contribution >= 0.6 is 0 Å². The van der Waals surface area contributed by atoms with E-state index in [2.05, 4.69) is 10.1 Å². The number of benzene rings is 1. The van der Waals surface area contributed by atoms with Crippen molar-refractivity contribution in [1.29, 1.82) is 0 Å². The normalized spacial score (nSPS) is 15.6. The molecule has 0 aliphatic carbocycles. The molecular weight excluding hydrogens is 310 g/mol. The van der Waals surface area contributed by atoms with E-state index in [0.717, 1.165) is 25.3 Å². The number of ether oxygens (including phenoxy) is 2. The van der Waals surface area contributed by atoms with E-state index < -0.39 is 22.8 Å². The number of carbonyl (C=O) groups excluding carboxylic acids is 3. The van der Waals surface area contributed by atoms with Gasteiger partial charge in [0.15, 0.2) is 0 Å². The third kappa shape index (κ3) is 2.95. The minimum absolute atomic E-state index is 0.00821. The second-order valence-electron chi connectivity index (χ2n) is 4.27. The van der Waals surface area contributed by atoms with E-state index >= 15 is 0 Å². The molecule has 1 saturated heterocycles. The maximum Gasteiger partial charge on any atom is 0.333 e. The van der Waals surface area contributed by atoms with Crippen molar-refractivity contribution in [2.45, 2.75) is 0 Å². The second-order valence-corrected chi connectivity index (χ2v) is 4.27. The van der Waals surface area contributed by atoms with Crippen molar-refractivity contribution < 1.29 is 28.8 Å². The fourth-order valence-corrected chi connectivity index (χ4v) is 1.90. The number of nitro benzene ring substituents is 1. The molecule has 0 unspecified atom stereocenters. The molecule has 0 radical (unpaired) electrons. The third-order valence-electron chi connectivity index (χ3n) is 2.96. The lowest BCUT2D eigenvalue weighted by atomic mass is 10.2. The van der Waals surface area contributed by atoms with Crippen molar-refractivity contribution >= 4 is 29.3 Å². The third-order valence-corrected chi connectivity index (χ3v) is 2.96. The quantitative estimate of drug-likeness (QED) is 0.284. The Hall–Kier alpha value is -3.43. The van der Waals surface area contributed by atoms with Gasteiger partial charge in [-0.05, 0) is 6.07 Å². The molecule has 2 rings (SSSR count). The minimum atomic E-state index is -0.822. The predicted octanol–water partition coefficient (Wildman–Crippen LogP) is 0.716. The summed E-state index contributed by atoms with van der Waals surface area (Å²) in [5.41, 5.74) is -0.529. The molecule has 1 fully saturated rings. The number of nitrogens with zero attached hydrogens (tertiary/aromatic N) is 2. The molecule has 1 heterocycles. The van der Waals surface area contributed by atoms with Crippen LogP contribution < -0.4 is 15.0 Å². The van der Waals surface area contributed by atoms with Crippen molar-refractivity contribution in [3.8, 4) is 5.75 Å². The number of esters is 1. The molecule has 0 bridgehead atoms. The average molecular weight is 321 g/mol. The van der Waals surface area contributed by atoms with E-state index in [9.17, 15) is 24.5 Å². The number of methoxy groups -OCH3 is 2. The number of nitrogens with one attached hydrogen (secondary N) is 1. The number of anilines is 1. The second kappa shape index (κ2) is 6.13. The Morgan fingerprint density at radius 2 is 2.04 bits per heavy atom. The molecular formula is C13H11N3O7. The van der Waals surface area contributed by atoms with E-state index in [4.69, 9.17) is 4.74 Å². The monoisotopic (exact) mass is 321 g/mol. The van der Waals surface area contributed by atoms with Crippen LogP contribution in [0.25, 0.3) is 0 Å². The summed E-state index contributed by atoms with van der Waals surface area (Å²) in [6.07, 6.45) is 0.831. The van der Waals surface area contributed by atoms with Gasteiger partial charge in [-0.25, -0.2) is 14.5 Å². The van der Waals surface area contributed by atoms with Crippen LogP contribution in [0.3, 0.4) is 0 Å². The lowest BCUT2D eigenvalue weighted by Crippen LogP contribution is -2.30. The van der Waals surface area contributed by atoms with Crippen molar-refractivity contribution in [3.05, 3.63) is 40.1 Å². The van der Waals surface area contributed by atoms with E-state index in [1.165, 1.54) is 13.2 Å². The zero-order valence-electron chi connectivity index (χ0n) is 12.1. The fraction of sp³-hybridized carbons (Fsp3) is 0.154. The topological polar surface area (TPSA) is 128 Å². The molecule has 3 amide bonds. The Morgan fingerprint density at radius 1 is 1.35 bits per heavy atom. The van der Waals surface area contributed by atoms with Gasteiger partial charge in [0.05, 0.1) is 37.0 Å². The minimum Gasteiger partial charge on any atom is -0.494 e. The van der Waals surface area contributed by atoms with E-state index in [-0.39, 0.29) is 22.8 Å². The highest BCUT2D eigenvalue weighted by Gasteiger charge is 2.37. The highest BCUT2D eigenvalue weighted by Crippen LogP contribution is 2.34. The van der Waals surface area contributed by atoms with Gasteiger partial charge in [0, 0.05) is 6.07 Å². The molecule has 1 N–H and O–H groups in total. The maximum atomic E-state index is 12.2. The van der Waals surface area contributed by atoms with Crippen molar-refractivity contribution in [1.82, 2.24) is 5.32 Å². The van der Waals surface area contributed by atoms with Crippen LogP contribution in [0.5, 0.6) is 5.75 Å². The molecule has 0 atom stereocenters. The summed E-state index contributed by atoms with van der Waals surface area (Å²) in [6.45, 7) is 0. The molecule has 0 saturated carbocycles. The van der Waals surface area contributed by atoms with Crippen molar-refractivity contribution in [2.24, 2.45) is 0 Å². The van der Waals surface area contributed by atoms with Gasteiger partial charge in [0.25, 0.3) is 11.6 Å². The number of hydrogen-bond acceptors (Lipinski definition) is 7. The zero-order valence-corrected chi connectivity index (χ0v) is 12.1. The van der Waals surface area contributed by atoms with Gasteiger partial charge in [-0.1, -0.05) is 0 Å². The van der Waals surface area contributed by atoms with E-state index in [1.54, 1.807) is 0 Å². The van der Waals surface area contributed by atoms with Gasteiger partial charge in [0.2, 0.25) is 0 Å². The predicted molar refractivity (Wildman–Crippen MR) is 75.8 cm³/mol. The number of urea groups is 1. The summed E-state index contributed by atoms with van der Waals surface area (Å²) < 4.78 is 9.38. The molecule has 10 nitrogen and oxygen atoms in total. The molecule has 0 spiro atoms. The molecule has 23 heavy (non-hydrogen) atoms. The Balaban J connectivity index is 2.44. The van der Waals surface area contributed by atoms with Gasteiger partial charge < -0.3 is 14.8 Å². The Morgan fingerprint density at radius 3 is 2.61 bits per heavy atom. The first-order valence-electron chi connectivity index (χ1n) is 6.16. The summed E-state index contributed by atoms with van der Waals surface area (Å²) in [5.74, 6) is -1.67. The SMILES string of the molecule is COC(=O)C=C1NC(=O)N(c2ccc([N+](=O)[O-])cc2OC)C1=O. The van der Waals surface area contributed by atoms with Gasteiger partial charge in [-0.15, -0.1) is 0 Å². The van der Waals surface area contributed by atoms with E-state index in [0.29, 0.717) is 4.90 Å². The van der Waals surface area contributed by atoms with Gasteiger partial charge in [-0.2, -0.15) is 0 Å². The van der Waals surface area contributed by atoms with Crippen LogP contribution in [0.1, 0.15) is 0 Å². The molecule has 1 aromatic rings. The van der Waals surface area contributed by atoms with Crippen LogP contribution in [-0.2, 0) is 14.3 Å². The number of non-ortho nitro benzene ring substituents is 1. The van der Waals surface area contributed by atoms with Crippen molar-refractivity contribution in [3.63, 3.8) is 0 Å². The smallest absolute Gasteiger partial charge is 0.333 e. The van der Waals surface area contributed by atoms with Gasteiger partial charge >= 0.3 is 12.0 Å². The van der Waals surface area contributed by atoms with Crippen LogP contribution in [0.4, 0.5) is 16.2 Å². The first kappa shape index (κ1) is 15.9. The van der Waals surface area contributed by atoms with Gasteiger partial charge in [-0.3, -0.25) is 14.9 Å². The summed E-state index contributed by atoms with van der Waals surface area (Å²) in [6, 6.07) is 2.59. The number of hydrogen-bond donors (Lipinski definition) is 1. The van der Waals surface area contributed by atoms with Crippen molar-refractivity contribution in [2.75, 3.05) is 19.1 Å². The highest BCUT2D eigenvalue weighted by atomic mass is 16.6. The molecule has 1 aliphatic heterocycles. The number of nitro groups is 1. The first-order chi connectivity index (χ1) is 10.9. The lowest BCUT2D eigenvalue weighted by Gasteiger charge is -2.15. The first-order valence-corrected chi connectivity index (χ1v) is 6.16. The molecule has 0 aromatic heterocycles. The Labute approximate surface area is 129 Å². The molecule has 120 valence electrons. The molecule has 1 aliphatic rings. The largest absolute Gasteiger partial charge is 0.494 e. The highest BCUT2D eigenvalue weighted by molar-refractivity contribution is 6.28. The number of carbonyl (C=O) groups is 3. The number of imide groups is 1. The number of rotatable bonds is 4.